The Kier molecular flexibility index (Phi) is 6.22. The predicted octanol–water partition coefficient (Wildman–Crippen LogP) is 2.10. The first-order chi connectivity index (χ1) is 8.22. The van der Waals surface area contributed by atoms with Gasteiger partial charge in [0.25, 0.3) is 0 Å². The summed E-state index contributed by atoms with van der Waals surface area (Å²) in [5.41, 5.74) is 1.06. The molecule has 1 aromatic carbocycles. The standard InChI is InChI=1S/C14H18O3/c1-2-6-13(15)9-14(16)11-17-10-12-7-4-3-5-8-12/h2-8,14,16H,9-11H2,1H3. The first kappa shape index (κ1) is 13.6. The average Bonchev–Trinajstić information content (AvgIpc) is 2.30. The van der Waals surface area contributed by atoms with Crippen LogP contribution in [-0.2, 0) is 16.1 Å². The summed E-state index contributed by atoms with van der Waals surface area (Å²) >= 11 is 0. The SMILES string of the molecule is CC=CC(=O)CC(O)COCc1ccccc1. The maximum atomic E-state index is 11.2. The number of ketones is 1. The van der Waals surface area contributed by atoms with E-state index in [9.17, 15) is 9.90 Å². The molecular formula is C14H18O3. The summed E-state index contributed by atoms with van der Waals surface area (Å²) < 4.78 is 5.33. The zero-order valence-electron chi connectivity index (χ0n) is 10.0. The molecule has 0 aromatic heterocycles. The molecule has 3 heteroatoms. The maximum Gasteiger partial charge on any atom is 0.158 e. The van der Waals surface area contributed by atoms with E-state index in [0.29, 0.717) is 6.61 Å². The molecular weight excluding hydrogens is 216 g/mol. The molecule has 3 nitrogen and oxygen atoms in total. The van der Waals surface area contributed by atoms with Crippen molar-refractivity contribution >= 4 is 5.78 Å². The average molecular weight is 234 g/mol. The fourth-order valence-corrected chi connectivity index (χ4v) is 1.43. The van der Waals surface area contributed by atoms with Gasteiger partial charge in [0.15, 0.2) is 5.78 Å². The molecule has 0 radical (unpaired) electrons. The van der Waals surface area contributed by atoms with E-state index in [1.807, 2.05) is 30.3 Å². The minimum Gasteiger partial charge on any atom is -0.390 e. The van der Waals surface area contributed by atoms with Gasteiger partial charge in [-0.3, -0.25) is 4.79 Å². The fraction of sp³-hybridized carbons (Fsp3) is 0.357. The normalized spacial score (nSPS) is 12.8. The monoisotopic (exact) mass is 234 g/mol. The molecule has 0 bridgehead atoms. The molecule has 0 fully saturated rings. The minimum absolute atomic E-state index is 0.0803. The number of aliphatic hydroxyl groups is 1. The largest absolute Gasteiger partial charge is 0.390 e. The van der Waals surface area contributed by atoms with Crippen LogP contribution < -0.4 is 0 Å². The van der Waals surface area contributed by atoms with Gasteiger partial charge in [-0.2, -0.15) is 0 Å². The Morgan fingerprint density at radius 1 is 1.41 bits per heavy atom. The van der Waals surface area contributed by atoms with Gasteiger partial charge in [0.1, 0.15) is 0 Å². The van der Waals surface area contributed by atoms with Crippen LogP contribution in [0, 0.1) is 0 Å². The highest BCUT2D eigenvalue weighted by molar-refractivity contribution is 5.89. The van der Waals surface area contributed by atoms with E-state index in [-0.39, 0.29) is 18.8 Å². The molecule has 1 unspecified atom stereocenters. The Morgan fingerprint density at radius 3 is 2.76 bits per heavy atom. The van der Waals surface area contributed by atoms with Gasteiger partial charge >= 0.3 is 0 Å². The molecule has 0 aliphatic carbocycles. The van der Waals surface area contributed by atoms with Crippen molar-refractivity contribution in [2.45, 2.75) is 26.1 Å². The summed E-state index contributed by atoms with van der Waals surface area (Å²) in [6.07, 6.45) is 2.50. The van der Waals surface area contributed by atoms with E-state index in [2.05, 4.69) is 0 Å². The number of benzene rings is 1. The van der Waals surface area contributed by atoms with Crippen LogP contribution >= 0.6 is 0 Å². The van der Waals surface area contributed by atoms with Gasteiger partial charge in [0, 0.05) is 6.42 Å². The Bertz CT molecular complexity index is 357. The highest BCUT2D eigenvalue weighted by Gasteiger charge is 2.08. The summed E-state index contributed by atoms with van der Waals surface area (Å²) in [6.45, 7) is 2.41. The van der Waals surface area contributed by atoms with Gasteiger partial charge in [0.2, 0.25) is 0 Å². The molecule has 17 heavy (non-hydrogen) atoms. The van der Waals surface area contributed by atoms with Crippen LogP contribution in [0.5, 0.6) is 0 Å². The lowest BCUT2D eigenvalue weighted by molar-refractivity contribution is -0.117. The molecule has 1 N–H and O–H groups in total. The third-order valence-electron chi connectivity index (χ3n) is 2.21. The molecule has 1 rings (SSSR count). The highest BCUT2D eigenvalue weighted by Crippen LogP contribution is 2.02. The van der Waals surface area contributed by atoms with E-state index < -0.39 is 6.10 Å². The molecule has 92 valence electrons. The van der Waals surface area contributed by atoms with Gasteiger partial charge in [0.05, 0.1) is 19.3 Å². The Morgan fingerprint density at radius 2 is 2.12 bits per heavy atom. The van der Waals surface area contributed by atoms with Crippen LogP contribution in [0.1, 0.15) is 18.9 Å². The van der Waals surface area contributed by atoms with Gasteiger partial charge in [-0.15, -0.1) is 0 Å². The van der Waals surface area contributed by atoms with Crippen molar-refractivity contribution in [3.05, 3.63) is 48.0 Å². The quantitative estimate of drug-likeness (QED) is 0.735. The number of carbonyl (C=O) groups is 1. The summed E-state index contributed by atoms with van der Waals surface area (Å²) in [7, 11) is 0. The predicted molar refractivity (Wildman–Crippen MR) is 66.5 cm³/mol. The number of ether oxygens (including phenoxy) is 1. The maximum absolute atomic E-state index is 11.2. The lowest BCUT2D eigenvalue weighted by Gasteiger charge is -2.09. The second-order valence-electron chi connectivity index (χ2n) is 3.82. The van der Waals surface area contributed by atoms with Crippen molar-refractivity contribution in [1.82, 2.24) is 0 Å². The Hall–Kier alpha value is -1.45. The lowest BCUT2D eigenvalue weighted by Crippen LogP contribution is -2.18. The first-order valence-corrected chi connectivity index (χ1v) is 5.67. The van der Waals surface area contributed by atoms with Crippen LogP contribution in [0.4, 0.5) is 0 Å². The summed E-state index contributed by atoms with van der Waals surface area (Å²) in [5.74, 6) is -0.0803. The van der Waals surface area contributed by atoms with Crippen molar-refractivity contribution < 1.29 is 14.6 Å². The lowest BCUT2D eigenvalue weighted by atomic mass is 10.2. The van der Waals surface area contributed by atoms with Crippen molar-refractivity contribution in [2.75, 3.05) is 6.61 Å². The molecule has 0 heterocycles. The molecule has 0 aliphatic heterocycles. The van der Waals surface area contributed by atoms with Crippen LogP contribution in [0.3, 0.4) is 0 Å². The minimum atomic E-state index is -0.734. The smallest absolute Gasteiger partial charge is 0.158 e. The van der Waals surface area contributed by atoms with Crippen LogP contribution in [0.25, 0.3) is 0 Å². The van der Waals surface area contributed by atoms with E-state index in [4.69, 9.17) is 4.74 Å². The molecule has 0 spiro atoms. The van der Waals surface area contributed by atoms with Crippen LogP contribution in [-0.4, -0.2) is 23.6 Å². The third-order valence-corrected chi connectivity index (χ3v) is 2.21. The van der Waals surface area contributed by atoms with Gasteiger partial charge in [-0.25, -0.2) is 0 Å². The number of carbonyl (C=O) groups excluding carboxylic acids is 1. The second-order valence-corrected chi connectivity index (χ2v) is 3.82. The molecule has 0 aliphatic rings. The Labute approximate surface area is 102 Å². The van der Waals surface area contributed by atoms with Crippen molar-refractivity contribution in [1.29, 1.82) is 0 Å². The molecule has 0 amide bonds. The van der Waals surface area contributed by atoms with Crippen LogP contribution in [0.2, 0.25) is 0 Å². The zero-order valence-corrected chi connectivity index (χ0v) is 10.0. The highest BCUT2D eigenvalue weighted by atomic mass is 16.5. The topological polar surface area (TPSA) is 46.5 Å². The summed E-state index contributed by atoms with van der Waals surface area (Å²) in [4.78, 5) is 11.2. The van der Waals surface area contributed by atoms with Gasteiger partial charge in [-0.1, -0.05) is 36.4 Å². The third kappa shape index (κ3) is 6.00. The van der Waals surface area contributed by atoms with Gasteiger partial charge in [-0.05, 0) is 18.6 Å². The summed E-state index contributed by atoms with van der Waals surface area (Å²) in [6, 6.07) is 9.72. The van der Waals surface area contributed by atoms with E-state index >= 15 is 0 Å². The molecule has 0 saturated heterocycles. The van der Waals surface area contributed by atoms with Crippen LogP contribution in [0.15, 0.2) is 42.5 Å². The number of aliphatic hydroxyl groups excluding tert-OH is 1. The number of hydrogen-bond acceptors (Lipinski definition) is 3. The Balaban J connectivity index is 2.20. The summed E-state index contributed by atoms with van der Waals surface area (Å²) in [5, 5.41) is 9.54. The molecule has 0 saturated carbocycles. The molecule has 1 aromatic rings. The van der Waals surface area contributed by atoms with E-state index in [1.54, 1.807) is 13.0 Å². The second kappa shape index (κ2) is 7.76. The fourth-order valence-electron chi connectivity index (χ4n) is 1.43. The van der Waals surface area contributed by atoms with E-state index in [1.165, 1.54) is 6.08 Å². The number of rotatable bonds is 7. The number of hydrogen-bond donors (Lipinski definition) is 1. The first-order valence-electron chi connectivity index (χ1n) is 5.67. The van der Waals surface area contributed by atoms with Crippen molar-refractivity contribution in [3.8, 4) is 0 Å². The van der Waals surface area contributed by atoms with E-state index in [0.717, 1.165) is 5.56 Å². The van der Waals surface area contributed by atoms with Gasteiger partial charge < -0.3 is 9.84 Å². The zero-order chi connectivity index (χ0) is 12.5. The molecule has 1 atom stereocenters. The number of allylic oxidation sites excluding steroid dienone is 2. The van der Waals surface area contributed by atoms with Crippen molar-refractivity contribution in [2.24, 2.45) is 0 Å². The van der Waals surface area contributed by atoms with Crippen molar-refractivity contribution in [3.63, 3.8) is 0 Å².